The fraction of sp³-hybridized carbons (Fsp3) is 0.250. The van der Waals surface area contributed by atoms with Gasteiger partial charge in [-0.15, -0.1) is 0 Å². The molecule has 4 heterocycles. The largest absolute Gasteiger partial charge is 0.433 e. The molecule has 0 aromatic carbocycles. The molecule has 0 aliphatic carbocycles. The van der Waals surface area contributed by atoms with Gasteiger partial charge in [-0.05, 0) is 25.1 Å². The van der Waals surface area contributed by atoms with Crippen molar-refractivity contribution < 1.29 is 27.4 Å². The van der Waals surface area contributed by atoms with Crippen LogP contribution in [0.4, 0.5) is 23.2 Å². The second-order valence-electron chi connectivity index (χ2n) is 7.03. The maximum atomic E-state index is 14.0. The Morgan fingerprint density at radius 2 is 1.97 bits per heavy atom. The summed E-state index contributed by atoms with van der Waals surface area (Å²) < 4.78 is 62.9. The van der Waals surface area contributed by atoms with Gasteiger partial charge in [0.2, 0.25) is 0 Å². The van der Waals surface area contributed by atoms with E-state index in [4.69, 9.17) is 16.3 Å². The molecule has 2 atom stereocenters. The molecule has 1 unspecified atom stereocenters. The summed E-state index contributed by atoms with van der Waals surface area (Å²) in [6.45, 7) is 1.73. The van der Waals surface area contributed by atoms with Gasteiger partial charge in [0.25, 0.3) is 0 Å². The standard InChI is InChI=1S/C20H17ClF4N6O2/c1-10(33-2)16-13(21)7-11(8-27-16)29-19(32)12-9-28-31(17(12)20(23,24)25)15-4-3-14(22)18-26-5-6-30(15)18/h3-10,19,29,32H,1-2H3/t10-,19?/m0/s1. The molecule has 0 amide bonds. The van der Waals surface area contributed by atoms with E-state index in [0.717, 1.165) is 22.7 Å². The van der Waals surface area contributed by atoms with Crippen molar-refractivity contribution in [3.63, 3.8) is 0 Å². The minimum Gasteiger partial charge on any atom is -0.375 e. The Bertz CT molecular complexity index is 1310. The molecule has 2 N–H and O–H groups in total. The van der Waals surface area contributed by atoms with Crippen molar-refractivity contribution in [3.8, 4) is 5.82 Å². The number of nitrogens with zero attached hydrogens (tertiary/aromatic N) is 5. The summed E-state index contributed by atoms with van der Waals surface area (Å²) >= 11 is 6.18. The van der Waals surface area contributed by atoms with E-state index in [1.54, 1.807) is 6.92 Å². The number of ether oxygens (including phenoxy) is 1. The molecule has 0 aliphatic heterocycles. The molecule has 0 saturated carbocycles. The number of anilines is 1. The molecule has 0 radical (unpaired) electrons. The Kier molecular flexibility index (Phi) is 5.99. The normalized spacial score (nSPS) is 13.9. The molecule has 0 bridgehead atoms. The number of hydrogen-bond donors (Lipinski definition) is 2. The highest BCUT2D eigenvalue weighted by molar-refractivity contribution is 6.31. The smallest absolute Gasteiger partial charge is 0.375 e. The lowest BCUT2D eigenvalue weighted by Crippen LogP contribution is -2.20. The van der Waals surface area contributed by atoms with Crippen LogP contribution in [0.25, 0.3) is 11.5 Å². The summed E-state index contributed by atoms with van der Waals surface area (Å²) in [6.07, 6.45) is -2.36. The highest BCUT2D eigenvalue weighted by Gasteiger charge is 2.41. The first-order valence-corrected chi connectivity index (χ1v) is 9.89. The molecule has 4 rings (SSSR count). The van der Waals surface area contributed by atoms with E-state index in [9.17, 15) is 22.7 Å². The third-order valence-electron chi connectivity index (χ3n) is 4.97. The summed E-state index contributed by atoms with van der Waals surface area (Å²) in [4.78, 5) is 7.94. The Morgan fingerprint density at radius 3 is 2.64 bits per heavy atom. The number of methoxy groups -OCH3 is 1. The van der Waals surface area contributed by atoms with Gasteiger partial charge < -0.3 is 15.2 Å². The quantitative estimate of drug-likeness (QED) is 0.308. The van der Waals surface area contributed by atoms with Crippen molar-refractivity contribution in [1.29, 1.82) is 0 Å². The van der Waals surface area contributed by atoms with Gasteiger partial charge in [-0.25, -0.2) is 14.1 Å². The number of rotatable bonds is 6. The molecule has 8 nitrogen and oxygen atoms in total. The Hall–Kier alpha value is -3.22. The van der Waals surface area contributed by atoms with Gasteiger partial charge in [0, 0.05) is 19.5 Å². The van der Waals surface area contributed by atoms with Crippen molar-refractivity contribution in [1.82, 2.24) is 24.1 Å². The number of hydrogen-bond acceptors (Lipinski definition) is 6. The molecule has 0 spiro atoms. The first-order chi connectivity index (χ1) is 15.6. The highest BCUT2D eigenvalue weighted by atomic mass is 35.5. The van der Waals surface area contributed by atoms with Crippen LogP contribution < -0.4 is 5.32 Å². The molecule has 0 saturated heterocycles. The fourth-order valence-electron chi connectivity index (χ4n) is 3.33. The van der Waals surface area contributed by atoms with Crippen molar-refractivity contribution in [2.24, 2.45) is 0 Å². The zero-order valence-corrected chi connectivity index (χ0v) is 17.9. The monoisotopic (exact) mass is 484 g/mol. The number of fused-ring (bicyclic) bond motifs is 1. The lowest BCUT2D eigenvalue weighted by Gasteiger charge is -2.18. The minimum absolute atomic E-state index is 0.114. The Balaban J connectivity index is 1.73. The molecule has 4 aromatic rings. The van der Waals surface area contributed by atoms with Gasteiger partial charge in [0.15, 0.2) is 23.4 Å². The van der Waals surface area contributed by atoms with Crippen molar-refractivity contribution in [3.05, 3.63) is 70.8 Å². The van der Waals surface area contributed by atoms with Crippen LogP contribution in [-0.2, 0) is 10.9 Å². The average Bonchev–Trinajstić information content (AvgIpc) is 3.41. The molecule has 33 heavy (non-hydrogen) atoms. The van der Waals surface area contributed by atoms with Crippen molar-refractivity contribution >= 4 is 22.9 Å². The van der Waals surface area contributed by atoms with Gasteiger partial charge >= 0.3 is 6.18 Å². The molecule has 0 aliphatic rings. The van der Waals surface area contributed by atoms with Crippen LogP contribution in [0.15, 0.2) is 43.0 Å². The summed E-state index contributed by atoms with van der Waals surface area (Å²) in [5, 5.41) is 17.1. The molecule has 174 valence electrons. The van der Waals surface area contributed by atoms with Crippen LogP contribution in [0, 0.1) is 5.82 Å². The number of aliphatic hydroxyl groups is 1. The second kappa shape index (κ2) is 8.61. The predicted octanol–water partition coefficient (Wildman–Crippen LogP) is 4.54. The van der Waals surface area contributed by atoms with E-state index in [1.807, 2.05) is 0 Å². The Morgan fingerprint density at radius 1 is 1.21 bits per heavy atom. The van der Waals surface area contributed by atoms with E-state index in [0.29, 0.717) is 10.4 Å². The van der Waals surface area contributed by atoms with E-state index in [-0.39, 0.29) is 22.2 Å². The number of aromatic nitrogens is 5. The number of pyridine rings is 2. The van der Waals surface area contributed by atoms with E-state index in [1.165, 1.54) is 31.8 Å². The predicted molar refractivity (Wildman–Crippen MR) is 111 cm³/mol. The Labute approximate surface area is 189 Å². The maximum Gasteiger partial charge on any atom is 0.433 e. The number of imidazole rings is 1. The molecular formula is C20H17ClF4N6O2. The van der Waals surface area contributed by atoms with Gasteiger partial charge in [-0.1, -0.05) is 11.6 Å². The second-order valence-corrected chi connectivity index (χ2v) is 7.44. The average molecular weight is 485 g/mol. The summed E-state index contributed by atoms with van der Waals surface area (Å²) in [7, 11) is 1.48. The first kappa shape index (κ1) is 23.0. The topological polar surface area (TPSA) is 89.5 Å². The minimum atomic E-state index is -4.90. The third-order valence-corrected chi connectivity index (χ3v) is 5.27. The zero-order chi connectivity index (χ0) is 23.9. The van der Waals surface area contributed by atoms with E-state index >= 15 is 0 Å². The van der Waals surface area contributed by atoms with Gasteiger partial charge in [0.1, 0.15) is 5.82 Å². The number of nitrogens with one attached hydrogen (secondary N) is 1. The van der Waals surface area contributed by atoms with Crippen LogP contribution >= 0.6 is 11.6 Å². The van der Waals surface area contributed by atoms with Gasteiger partial charge in [-0.3, -0.25) is 9.38 Å². The van der Waals surface area contributed by atoms with Crippen LogP contribution in [0.5, 0.6) is 0 Å². The SMILES string of the molecule is CO[C@@H](C)c1ncc(NC(O)c2cnn(-c3ccc(F)c4nccn34)c2C(F)(F)F)cc1Cl. The van der Waals surface area contributed by atoms with Crippen LogP contribution in [0.3, 0.4) is 0 Å². The number of alkyl halides is 3. The number of aliphatic hydroxyl groups excluding tert-OH is 1. The van der Waals surface area contributed by atoms with Crippen LogP contribution in [0.2, 0.25) is 5.02 Å². The summed E-state index contributed by atoms with van der Waals surface area (Å²) in [5.41, 5.74) is -1.34. The fourth-order valence-corrected chi connectivity index (χ4v) is 3.65. The number of halogens is 5. The molecular weight excluding hydrogens is 468 g/mol. The van der Waals surface area contributed by atoms with Crippen LogP contribution in [-0.4, -0.2) is 36.4 Å². The first-order valence-electron chi connectivity index (χ1n) is 9.51. The third kappa shape index (κ3) is 4.24. The van der Waals surface area contributed by atoms with Crippen molar-refractivity contribution in [2.75, 3.05) is 12.4 Å². The molecule has 0 fully saturated rings. The highest BCUT2D eigenvalue weighted by Crippen LogP contribution is 2.37. The lowest BCUT2D eigenvalue weighted by atomic mass is 10.2. The van der Waals surface area contributed by atoms with E-state index < -0.39 is 35.6 Å². The van der Waals surface area contributed by atoms with E-state index in [2.05, 4.69) is 20.4 Å². The summed E-state index contributed by atoms with van der Waals surface area (Å²) in [6, 6.07) is 3.54. The van der Waals surface area contributed by atoms with Crippen LogP contribution in [0.1, 0.15) is 36.2 Å². The maximum absolute atomic E-state index is 14.0. The lowest BCUT2D eigenvalue weighted by molar-refractivity contribution is -0.144. The molecule has 13 heteroatoms. The molecule has 4 aromatic heterocycles. The summed E-state index contributed by atoms with van der Waals surface area (Å²) in [5.74, 6) is -0.820. The van der Waals surface area contributed by atoms with Gasteiger partial charge in [0.05, 0.1) is 40.5 Å². The van der Waals surface area contributed by atoms with Gasteiger partial charge in [-0.2, -0.15) is 18.3 Å². The van der Waals surface area contributed by atoms with Crippen molar-refractivity contribution in [2.45, 2.75) is 25.4 Å². The zero-order valence-electron chi connectivity index (χ0n) is 17.2.